The third kappa shape index (κ3) is 3.55. The maximum atomic E-state index is 13.2. The highest BCUT2D eigenvalue weighted by Gasteiger charge is 2.11. The molecule has 16 heavy (non-hydrogen) atoms. The van der Waals surface area contributed by atoms with Gasteiger partial charge in [-0.25, -0.2) is 8.78 Å². The second-order valence-corrected chi connectivity index (χ2v) is 3.24. The van der Waals surface area contributed by atoms with E-state index in [2.05, 4.69) is 0 Å². The van der Waals surface area contributed by atoms with Crippen LogP contribution in [0.25, 0.3) is 0 Å². The fourth-order valence-electron chi connectivity index (χ4n) is 1.13. The summed E-state index contributed by atoms with van der Waals surface area (Å²) in [5.41, 5.74) is -0.0149. The maximum absolute atomic E-state index is 13.2. The van der Waals surface area contributed by atoms with E-state index in [9.17, 15) is 13.6 Å². The Labute approximate surface area is 92.5 Å². The van der Waals surface area contributed by atoms with Gasteiger partial charge in [0.15, 0.2) is 5.78 Å². The van der Waals surface area contributed by atoms with Crippen LogP contribution in [0.2, 0.25) is 0 Å². The summed E-state index contributed by atoms with van der Waals surface area (Å²) < 4.78 is 29.9. The smallest absolute Gasteiger partial charge is 0.191 e. The molecule has 1 atom stereocenters. The monoisotopic (exact) mass is 226 g/mol. The number of benzene rings is 1. The molecule has 0 saturated carbocycles. The Morgan fingerprint density at radius 2 is 2.19 bits per heavy atom. The highest BCUT2D eigenvalue weighted by Crippen LogP contribution is 2.08. The average molecular weight is 226 g/mol. The summed E-state index contributed by atoms with van der Waals surface area (Å²) >= 11 is 0. The van der Waals surface area contributed by atoms with Crippen LogP contribution in [0, 0.1) is 5.82 Å². The van der Waals surface area contributed by atoms with Crippen molar-refractivity contribution in [1.82, 2.24) is 0 Å². The van der Waals surface area contributed by atoms with E-state index in [0.29, 0.717) is 6.33 Å². The van der Waals surface area contributed by atoms with Gasteiger partial charge in [-0.15, -0.1) is 0 Å². The van der Waals surface area contributed by atoms with E-state index >= 15 is 0 Å². The van der Waals surface area contributed by atoms with Crippen LogP contribution in [0.15, 0.2) is 36.7 Å². The first-order valence-corrected chi connectivity index (χ1v) is 4.81. The minimum absolute atomic E-state index is 0.0149. The molecule has 0 heterocycles. The number of halogens is 2. The van der Waals surface area contributed by atoms with Crippen LogP contribution in [0.4, 0.5) is 8.78 Å². The third-order valence-electron chi connectivity index (χ3n) is 2.00. The molecular weight excluding hydrogens is 214 g/mol. The number of carbonyl (C=O) groups excluding carboxylic acids is 1. The number of carbonyl (C=O) groups is 1. The molecule has 4 heteroatoms. The minimum Gasteiger partial charge on any atom is -0.366 e. The Bertz CT molecular complexity index is 388. The first kappa shape index (κ1) is 12.5. The first-order chi connectivity index (χ1) is 7.65. The zero-order chi connectivity index (χ0) is 12.0. The van der Waals surface area contributed by atoms with Gasteiger partial charge >= 0.3 is 0 Å². The molecule has 0 bridgehead atoms. The SMILES string of the molecule is C[C@@H](C=CF)OCC(=O)c1ccccc1F. The zero-order valence-electron chi connectivity index (χ0n) is 8.82. The quantitative estimate of drug-likeness (QED) is 0.721. The van der Waals surface area contributed by atoms with Gasteiger partial charge in [0, 0.05) is 0 Å². The molecule has 0 spiro atoms. The van der Waals surface area contributed by atoms with E-state index in [1.54, 1.807) is 13.0 Å². The predicted molar refractivity (Wildman–Crippen MR) is 56.4 cm³/mol. The van der Waals surface area contributed by atoms with Crippen molar-refractivity contribution >= 4 is 5.78 Å². The van der Waals surface area contributed by atoms with Gasteiger partial charge in [-0.3, -0.25) is 4.79 Å². The standard InChI is InChI=1S/C12H12F2O2/c1-9(6-7-13)16-8-12(15)10-4-2-3-5-11(10)14/h2-7,9H,8H2,1H3/t9-/m0/s1. The molecule has 0 aromatic heterocycles. The van der Waals surface area contributed by atoms with E-state index in [4.69, 9.17) is 4.74 Å². The third-order valence-corrected chi connectivity index (χ3v) is 2.00. The number of hydrogen-bond acceptors (Lipinski definition) is 2. The molecule has 0 N–H and O–H groups in total. The van der Waals surface area contributed by atoms with Crippen LogP contribution in [0.1, 0.15) is 17.3 Å². The highest BCUT2D eigenvalue weighted by atomic mass is 19.1. The summed E-state index contributed by atoms with van der Waals surface area (Å²) in [4.78, 5) is 11.5. The number of rotatable bonds is 5. The molecule has 1 aromatic carbocycles. The summed E-state index contributed by atoms with van der Waals surface area (Å²) in [6, 6.07) is 5.66. The van der Waals surface area contributed by atoms with Crippen LogP contribution < -0.4 is 0 Å². The van der Waals surface area contributed by atoms with Gasteiger partial charge in [0.1, 0.15) is 12.4 Å². The predicted octanol–water partition coefficient (Wildman–Crippen LogP) is 2.90. The van der Waals surface area contributed by atoms with E-state index < -0.39 is 17.7 Å². The molecule has 2 nitrogen and oxygen atoms in total. The van der Waals surface area contributed by atoms with E-state index in [1.165, 1.54) is 18.2 Å². The molecule has 0 aliphatic heterocycles. The van der Waals surface area contributed by atoms with Crippen LogP contribution in [-0.4, -0.2) is 18.5 Å². The number of ether oxygens (including phenoxy) is 1. The van der Waals surface area contributed by atoms with Crippen molar-refractivity contribution < 1.29 is 18.3 Å². The van der Waals surface area contributed by atoms with Gasteiger partial charge in [-0.2, -0.15) is 0 Å². The van der Waals surface area contributed by atoms with Crippen molar-refractivity contribution in [1.29, 1.82) is 0 Å². The molecular formula is C12H12F2O2. The van der Waals surface area contributed by atoms with Crippen molar-refractivity contribution in [3.05, 3.63) is 48.1 Å². The van der Waals surface area contributed by atoms with Crippen molar-refractivity contribution in [2.45, 2.75) is 13.0 Å². The Balaban J connectivity index is 2.57. The normalized spacial score (nSPS) is 12.9. The van der Waals surface area contributed by atoms with Crippen LogP contribution in [0.3, 0.4) is 0 Å². The fraction of sp³-hybridized carbons (Fsp3) is 0.250. The highest BCUT2D eigenvalue weighted by molar-refractivity contribution is 5.97. The van der Waals surface area contributed by atoms with Crippen molar-refractivity contribution in [2.24, 2.45) is 0 Å². The number of hydrogen-bond donors (Lipinski definition) is 0. The summed E-state index contributed by atoms with van der Waals surface area (Å²) in [6.07, 6.45) is 0.994. The van der Waals surface area contributed by atoms with Gasteiger partial charge in [0.05, 0.1) is 18.0 Å². The van der Waals surface area contributed by atoms with Crippen LogP contribution in [-0.2, 0) is 4.74 Å². The number of Topliss-reactive ketones (excluding diaryl/α,β-unsaturated/α-hetero) is 1. The summed E-state index contributed by atoms with van der Waals surface area (Å²) in [6.45, 7) is 1.32. The maximum Gasteiger partial charge on any atom is 0.191 e. The van der Waals surface area contributed by atoms with Gasteiger partial charge < -0.3 is 4.74 Å². The van der Waals surface area contributed by atoms with Crippen LogP contribution in [0.5, 0.6) is 0 Å². The fourth-order valence-corrected chi connectivity index (χ4v) is 1.13. The van der Waals surface area contributed by atoms with Gasteiger partial charge in [0.2, 0.25) is 0 Å². The van der Waals surface area contributed by atoms with Crippen molar-refractivity contribution in [3.8, 4) is 0 Å². The second kappa shape index (κ2) is 6.12. The van der Waals surface area contributed by atoms with Gasteiger partial charge in [0.25, 0.3) is 0 Å². The second-order valence-electron chi connectivity index (χ2n) is 3.24. The lowest BCUT2D eigenvalue weighted by Crippen LogP contribution is -2.15. The number of ketones is 1. The Kier molecular flexibility index (Phi) is 4.79. The summed E-state index contributed by atoms with van der Waals surface area (Å²) in [5, 5.41) is 0. The van der Waals surface area contributed by atoms with Crippen LogP contribution >= 0.6 is 0 Å². The summed E-state index contributed by atoms with van der Waals surface area (Å²) in [5.74, 6) is -1.04. The van der Waals surface area contributed by atoms with Crippen molar-refractivity contribution in [3.63, 3.8) is 0 Å². The molecule has 0 unspecified atom stereocenters. The van der Waals surface area contributed by atoms with E-state index in [1.807, 2.05) is 0 Å². The molecule has 1 rings (SSSR count). The Hall–Kier alpha value is -1.55. The molecule has 0 aliphatic rings. The lowest BCUT2D eigenvalue weighted by Gasteiger charge is -2.07. The first-order valence-electron chi connectivity index (χ1n) is 4.81. The lowest BCUT2D eigenvalue weighted by atomic mass is 10.1. The summed E-state index contributed by atoms with van der Waals surface area (Å²) in [7, 11) is 0. The average Bonchev–Trinajstić information content (AvgIpc) is 2.27. The largest absolute Gasteiger partial charge is 0.366 e. The van der Waals surface area contributed by atoms with E-state index in [-0.39, 0.29) is 12.2 Å². The Morgan fingerprint density at radius 3 is 2.81 bits per heavy atom. The topological polar surface area (TPSA) is 26.3 Å². The Morgan fingerprint density at radius 1 is 1.50 bits per heavy atom. The molecule has 0 aliphatic carbocycles. The minimum atomic E-state index is -0.579. The molecule has 0 amide bonds. The van der Waals surface area contributed by atoms with Gasteiger partial charge in [-0.05, 0) is 25.1 Å². The molecule has 0 saturated heterocycles. The molecule has 0 radical (unpaired) electrons. The van der Waals surface area contributed by atoms with Crippen molar-refractivity contribution in [2.75, 3.05) is 6.61 Å². The molecule has 1 aromatic rings. The van der Waals surface area contributed by atoms with E-state index in [0.717, 1.165) is 6.08 Å². The zero-order valence-corrected chi connectivity index (χ0v) is 8.82. The molecule has 86 valence electrons. The van der Waals surface area contributed by atoms with Gasteiger partial charge in [-0.1, -0.05) is 12.1 Å². The lowest BCUT2D eigenvalue weighted by molar-refractivity contribution is 0.0652. The molecule has 0 fully saturated rings.